The SMILES string of the molecule is COCCN(C(=O)[C@@H](N)CCSC)C1CC1. The van der Waals surface area contributed by atoms with Gasteiger partial charge in [-0.15, -0.1) is 0 Å². The zero-order valence-corrected chi connectivity index (χ0v) is 11.0. The number of methoxy groups -OCH3 is 1. The van der Waals surface area contributed by atoms with E-state index in [2.05, 4.69) is 0 Å². The summed E-state index contributed by atoms with van der Waals surface area (Å²) in [7, 11) is 1.66. The van der Waals surface area contributed by atoms with Crippen molar-refractivity contribution in [3.63, 3.8) is 0 Å². The molecule has 2 N–H and O–H groups in total. The minimum atomic E-state index is -0.343. The third-order valence-corrected chi connectivity index (χ3v) is 3.40. The molecule has 0 radical (unpaired) electrons. The van der Waals surface area contributed by atoms with Gasteiger partial charge in [0.05, 0.1) is 12.6 Å². The van der Waals surface area contributed by atoms with Crippen molar-refractivity contribution in [1.82, 2.24) is 4.90 Å². The van der Waals surface area contributed by atoms with Gasteiger partial charge in [0.15, 0.2) is 0 Å². The van der Waals surface area contributed by atoms with Crippen LogP contribution in [0.1, 0.15) is 19.3 Å². The van der Waals surface area contributed by atoms with Crippen LogP contribution in [-0.4, -0.2) is 55.2 Å². The average Bonchev–Trinajstić information content (AvgIpc) is 3.10. The van der Waals surface area contributed by atoms with Gasteiger partial charge in [-0.3, -0.25) is 4.79 Å². The number of carbonyl (C=O) groups is 1. The molecule has 1 saturated carbocycles. The molecule has 4 nitrogen and oxygen atoms in total. The highest BCUT2D eigenvalue weighted by atomic mass is 32.2. The van der Waals surface area contributed by atoms with E-state index in [0.717, 1.165) is 25.0 Å². The van der Waals surface area contributed by atoms with E-state index in [0.29, 0.717) is 19.2 Å². The zero-order valence-electron chi connectivity index (χ0n) is 10.1. The molecule has 0 saturated heterocycles. The molecule has 0 aromatic heterocycles. The summed E-state index contributed by atoms with van der Waals surface area (Å²) in [6.45, 7) is 1.27. The normalized spacial score (nSPS) is 17.2. The van der Waals surface area contributed by atoms with Crippen LogP contribution in [0.2, 0.25) is 0 Å². The molecule has 1 aliphatic carbocycles. The molecule has 1 rings (SSSR count). The Morgan fingerprint density at radius 1 is 1.62 bits per heavy atom. The van der Waals surface area contributed by atoms with Crippen LogP contribution in [0.25, 0.3) is 0 Å². The van der Waals surface area contributed by atoms with Crippen LogP contribution in [-0.2, 0) is 9.53 Å². The number of rotatable bonds is 8. The number of carbonyl (C=O) groups excluding carboxylic acids is 1. The average molecular weight is 246 g/mol. The Balaban J connectivity index is 2.39. The Kier molecular flexibility index (Phi) is 6.16. The molecule has 0 aromatic rings. The lowest BCUT2D eigenvalue weighted by atomic mass is 10.2. The van der Waals surface area contributed by atoms with Crippen LogP contribution >= 0.6 is 11.8 Å². The van der Waals surface area contributed by atoms with Gasteiger partial charge < -0.3 is 15.4 Å². The van der Waals surface area contributed by atoms with E-state index in [-0.39, 0.29) is 11.9 Å². The largest absolute Gasteiger partial charge is 0.383 e. The van der Waals surface area contributed by atoms with E-state index in [1.807, 2.05) is 11.2 Å². The van der Waals surface area contributed by atoms with Crippen LogP contribution in [0.15, 0.2) is 0 Å². The highest BCUT2D eigenvalue weighted by Crippen LogP contribution is 2.27. The fraction of sp³-hybridized carbons (Fsp3) is 0.909. The van der Waals surface area contributed by atoms with Gasteiger partial charge in [0, 0.05) is 19.7 Å². The maximum Gasteiger partial charge on any atom is 0.239 e. The standard InChI is InChI=1S/C11H22N2O2S/c1-15-7-6-13(9-3-4-9)11(14)10(12)5-8-16-2/h9-10H,3-8,12H2,1-2H3/t10-/m0/s1. The van der Waals surface area contributed by atoms with Gasteiger partial charge in [-0.1, -0.05) is 0 Å². The predicted molar refractivity (Wildman–Crippen MR) is 67.6 cm³/mol. The molecule has 1 atom stereocenters. The highest BCUT2D eigenvalue weighted by Gasteiger charge is 2.34. The topological polar surface area (TPSA) is 55.6 Å². The number of nitrogens with two attached hydrogens (primary N) is 1. The number of amides is 1. The van der Waals surface area contributed by atoms with Crippen molar-refractivity contribution in [3.8, 4) is 0 Å². The summed E-state index contributed by atoms with van der Waals surface area (Å²) in [5.74, 6) is 1.03. The molecule has 0 aliphatic heterocycles. The van der Waals surface area contributed by atoms with Gasteiger partial charge in [0.1, 0.15) is 0 Å². The second-order valence-electron chi connectivity index (χ2n) is 4.14. The first kappa shape index (κ1) is 13.8. The van der Waals surface area contributed by atoms with Crippen molar-refractivity contribution in [2.75, 3.05) is 32.3 Å². The van der Waals surface area contributed by atoms with Gasteiger partial charge in [-0.2, -0.15) is 11.8 Å². The maximum absolute atomic E-state index is 12.1. The molecule has 0 unspecified atom stereocenters. The fourth-order valence-electron chi connectivity index (χ4n) is 1.63. The molecule has 0 aromatic carbocycles. The van der Waals surface area contributed by atoms with Crippen molar-refractivity contribution in [2.45, 2.75) is 31.3 Å². The molecule has 0 bridgehead atoms. The number of nitrogens with zero attached hydrogens (tertiary/aromatic N) is 1. The van der Waals surface area contributed by atoms with E-state index in [9.17, 15) is 4.79 Å². The summed E-state index contributed by atoms with van der Waals surface area (Å²) in [5.41, 5.74) is 5.90. The van der Waals surface area contributed by atoms with Crippen LogP contribution < -0.4 is 5.73 Å². The third kappa shape index (κ3) is 4.31. The van der Waals surface area contributed by atoms with Crippen LogP contribution in [0, 0.1) is 0 Å². The van der Waals surface area contributed by atoms with Gasteiger partial charge in [0.25, 0.3) is 0 Å². The number of hydrogen-bond acceptors (Lipinski definition) is 4. The first-order valence-corrected chi connectivity index (χ1v) is 7.14. The van der Waals surface area contributed by atoms with Gasteiger partial charge >= 0.3 is 0 Å². The van der Waals surface area contributed by atoms with E-state index in [1.165, 1.54) is 0 Å². The lowest BCUT2D eigenvalue weighted by Gasteiger charge is -2.25. The van der Waals surface area contributed by atoms with E-state index >= 15 is 0 Å². The second-order valence-corrected chi connectivity index (χ2v) is 5.13. The molecular formula is C11H22N2O2S. The molecule has 1 fully saturated rings. The minimum absolute atomic E-state index is 0.0913. The van der Waals surface area contributed by atoms with Gasteiger partial charge in [-0.25, -0.2) is 0 Å². The van der Waals surface area contributed by atoms with Crippen molar-refractivity contribution in [3.05, 3.63) is 0 Å². The van der Waals surface area contributed by atoms with Crippen molar-refractivity contribution < 1.29 is 9.53 Å². The van der Waals surface area contributed by atoms with Crippen molar-refractivity contribution in [1.29, 1.82) is 0 Å². The van der Waals surface area contributed by atoms with Gasteiger partial charge in [-0.05, 0) is 31.3 Å². The smallest absolute Gasteiger partial charge is 0.239 e. The Hall–Kier alpha value is -0.260. The first-order valence-electron chi connectivity index (χ1n) is 5.74. The maximum atomic E-state index is 12.1. The van der Waals surface area contributed by atoms with E-state index < -0.39 is 0 Å². The molecule has 16 heavy (non-hydrogen) atoms. The zero-order chi connectivity index (χ0) is 12.0. The quantitative estimate of drug-likeness (QED) is 0.685. The van der Waals surface area contributed by atoms with Crippen molar-refractivity contribution in [2.24, 2.45) is 5.73 Å². The Morgan fingerprint density at radius 3 is 2.81 bits per heavy atom. The highest BCUT2D eigenvalue weighted by molar-refractivity contribution is 7.98. The molecular weight excluding hydrogens is 224 g/mol. The lowest BCUT2D eigenvalue weighted by molar-refractivity contribution is -0.133. The summed E-state index contributed by atoms with van der Waals surface area (Å²) >= 11 is 1.73. The summed E-state index contributed by atoms with van der Waals surface area (Å²) in [6.07, 6.45) is 5.02. The van der Waals surface area contributed by atoms with Crippen LogP contribution in [0.5, 0.6) is 0 Å². The second kappa shape index (κ2) is 7.14. The molecule has 1 amide bonds. The Labute approximate surface area is 102 Å². The fourth-order valence-corrected chi connectivity index (χ4v) is 2.12. The summed E-state index contributed by atoms with van der Waals surface area (Å²) < 4.78 is 5.02. The number of hydrogen-bond donors (Lipinski definition) is 1. The Bertz CT molecular complexity index is 222. The molecule has 5 heteroatoms. The summed E-state index contributed by atoms with van der Waals surface area (Å²) in [4.78, 5) is 14.0. The first-order chi connectivity index (χ1) is 7.70. The van der Waals surface area contributed by atoms with Crippen LogP contribution in [0.4, 0.5) is 0 Å². The Morgan fingerprint density at radius 2 is 2.31 bits per heavy atom. The minimum Gasteiger partial charge on any atom is -0.383 e. The molecule has 0 spiro atoms. The molecule has 0 heterocycles. The summed E-state index contributed by atoms with van der Waals surface area (Å²) in [6, 6.07) is 0.0767. The predicted octanol–water partition coefficient (Wildman–Crippen LogP) is 0.704. The number of thioether (sulfide) groups is 1. The summed E-state index contributed by atoms with van der Waals surface area (Å²) in [5, 5.41) is 0. The van der Waals surface area contributed by atoms with Crippen molar-refractivity contribution >= 4 is 17.7 Å². The van der Waals surface area contributed by atoms with Gasteiger partial charge in [0.2, 0.25) is 5.91 Å². The monoisotopic (exact) mass is 246 g/mol. The molecule has 1 aliphatic rings. The third-order valence-electron chi connectivity index (χ3n) is 2.76. The molecule has 94 valence electrons. The lowest BCUT2D eigenvalue weighted by Crippen LogP contribution is -2.46. The number of ether oxygens (including phenoxy) is 1. The van der Waals surface area contributed by atoms with E-state index in [4.69, 9.17) is 10.5 Å². The van der Waals surface area contributed by atoms with E-state index in [1.54, 1.807) is 18.9 Å². The van der Waals surface area contributed by atoms with Crippen LogP contribution in [0.3, 0.4) is 0 Å².